The lowest BCUT2D eigenvalue weighted by molar-refractivity contribution is -0.158. The van der Waals surface area contributed by atoms with Crippen LogP contribution in [0.3, 0.4) is 0 Å². The van der Waals surface area contributed by atoms with Crippen LogP contribution in [0.5, 0.6) is 0 Å². The molecule has 0 saturated carbocycles. The van der Waals surface area contributed by atoms with Gasteiger partial charge in [0.2, 0.25) is 5.91 Å². The second kappa shape index (κ2) is 11.0. The van der Waals surface area contributed by atoms with E-state index in [1.54, 1.807) is 41.5 Å². The quantitative estimate of drug-likeness (QED) is 0.625. The molecule has 0 aliphatic heterocycles. The molecule has 0 bridgehead atoms. The monoisotopic (exact) mass is 420 g/mol. The van der Waals surface area contributed by atoms with Crippen LogP contribution in [-0.2, 0) is 25.5 Å². The molecular formula is C23H36N2O5. The molecule has 0 fully saturated rings. The predicted octanol–water partition coefficient (Wildman–Crippen LogP) is 3.75. The van der Waals surface area contributed by atoms with Crippen LogP contribution in [0.25, 0.3) is 0 Å². The molecule has 0 saturated heterocycles. The lowest BCUT2D eigenvalue weighted by Gasteiger charge is -2.27. The minimum Gasteiger partial charge on any atom is -0.458 e. The lowest BCUT2D eigenvalue weighted by Crippen LogP contribution is -2.53. The van der Waals surface area contributed by atoms with Crippen molar-refractivity contribution >= 4 is 18.0 Å². The van der Waals surface area contributed by atoms with Crippen molar-refractivity contribution in [2.24, 2.45) is 0 Å². The van der Waals surface area contributed by atoms with Gasteiger partial charge in [-0.3, -0.25) is 4.79 Å². The van der Waals surface area contributed by atoms with Crippen molar-refractivity contribution in [3.63, 3.8) is 0 Å². The molecule has 1 aromatic rings. The van der Waals surface area contributed by atoms with Crippen LogP contribution in [0.4, 0.5) is 4.79 Å². The van der Waals surface area contributed by atoms with Gasteiger partial charge in [-0.2, -0.15) is 0 Å². The molecule has 0 aliphatic carbocycles. The third kappa shape index (κ3) is 10.3. The Morgan fingerprint density at radius 1 is 0.867 bits per heavy atom. The zero-order valence-electron chi connectivity index (χ0n) is 19.2. The number of hydrogen-bond donors (Lipinski definition) is 2. The molecule has 2 amide bonds. The third-order valence-electron chi connectivity index (χ3n) is 3.88. The molecule has 0 aliphatic rings. The predicted molar refractivity (Wildman–Crippen MR) is 116 cm³/mol. The highest BCUT2D eigenvalue weighted by Crippen LogP contribution is 2.13. The van der Waals surface area contributed by atoms with E-state index in [0.29, 0.717) is 12.8 Å². The summed E-state index contributed by atoms with van der Waals surface area (Å²) in [5.74, 6) is -0.971. The second-order valence-electron chi connectivity index (χ2n) is 9.27. The number of esters is 1. The largest absolute Gasteiger partial charge is 0.458 e. The molecule has 0 heterocycles. The Kier molecular flexibility index (Phi) is 9.33. The van der Waals surface area contributed by atoms with Crippen molar-refractivity contribution in [1.82, 2.24) is 10.6 Å². The van der Waals surface area contributed by atoms with Gasteiger partial charge in [0.05, 0.1) is 0 Å². The summed E-state index contributed by atoms with van der Waals surface area (Å²) in [5, 5.41) is 5.36. The van der Waals surface area contributed by atoms with E-state index in [0.717, 1.165) is 5.56 Å². The SMILES string of the molecule is CCCC(NC(=O)OC(C)(C)C)C(=O)NC(Cc1ccccc1)C(=O)OC(C)(C)C. The summed E-state index contributed by atoms with van der Waals surface area (Å²) in [6.07, 6.45) is 0.696. The van der Waals surface area contributed by atoms with Gasteiger partial charge in [-0.1, -0.05) is 43.7 Å². The van der Waals surface area contributed by atoms with Crippen LogP contribution in [0.2, 0.25) is 0 Å². The van der Waals surface area contributed by atoms with Crippen LogP contribution < -0.4 is 10.6 Å². The number of nitrogens with one attached hydrogen (secondary N) is 2. The van der Waals surface area contributed by atoms with Gasteiger partial charge in [0.15, 0.2) is 0 Å². The molecule has 0 spiro atoms. The Bertz CT molecular complexity index is 705. The normalized spacial score (nSPS) is 13.7. The number of hydrogen-bond acceptors (Lipinski definition) is 5. The molecule has 1 rings (SSSR count). The molecular weight excluding hydrogens is 384 g/mol. The van der Waals surface area contributed by atoms with Crippen LogP contribution in [0, 0.1) is 0 Å². The number of carbonyl (C=O) groups excluding carboxylic acids is 3. The molecule has 168 valence electrons. The zero-order valence-corrected chi connectivity index (χ0v) is 19.2. The highest BCUT2D eigenvalue weighted by Gasteiger charge is 2.30. The number of rotatable bonds is 8. The topological polar surface area (TPSA) is 93.7 Å². The first-order chi connectivity index (χ1) is 13.8. The van der Waals surface area contributed by atoms with Gasteiger partial charge in [-0.15, -0.1) is 0 Å². The number of benzene rings is 1. The summed E-state index contributed by atoms with van der Waals surface area (Å²) in [7, 11) is 0. The maximum atomic E-state index is 12.9. The van der Waals surface area contributed by atoms with Crippen LogP contribution in [-0.4, -0.2) is 41.3 Å². The molecule has 1 aromatic carbocycles. The summed E-state index contributed by atoms with van der Waals surface area (Å²) in [4.78, 5) is 37.8. The Labute approximate surface area is 179 Å². The Hall–Kier alpha value is -2.57. The molecule has 7 heteroatoms. The summed E-state index contributed by atoms with van der Waals surface area (Å²) >= 11 is 0. The van der Waals surface area contributed by atoms with Crippen molar-refractivity contribution in [3.05, 3.63) is 35.9 Å². The van der Waals surface area contributed by atoms with E-state index in [4.69, 9.17) is 9.47 Å². The molecule has 2 atom stereocenters. The van der Waals surface area contributed by atoms with E-state index < -0.39 is 41.3 Å². The highest BCUT2D eigenvalue weighted by atomic mass is 16.6. The van der Waals surface area contributed by atoms with E-state index in [-0.39, 0.29) is 6.42 Å². The average Bonchev–Trinajstić information content (AvgIpc) is 2.58. The Morgan fingerprint density at radius 3 is 1.93 bits per heavy atom. The third-order valence-corrected chi connectivity index (χ3v) is 3.88. The highest BCUT2D eigenvalue weighted by molar-refractivity contribution is 5.89. The summed E-state index contributed by atoms with van der Waals surface area (Å²) in [5.41, 5.74) is -0.473. The minimum atomic E-state index is -0.876. The molecule has 30 heavy (non-hydrogen) atoms. The number of carbonyl (C=O) groups is 3. The Morgan fingerprint density at radius 2 is 1.43 bits per heavy atom. The fourth-order valence-electron chi connectivity index (χ4n) is 2.70. The first kappa shape index (κ1) is 25.5. The van der Waals surface area contributed by atoms with Crippen molar-refractivity contribution in [1.29, 1.82) is 0 Å². The van der Waals surface area contributed by atoms with E-state index in [1.807, 2.05) is 37.3 Å². The van der Waals surface area contributed by atoms with E-state index in [1.165, 1.54) is 0 Å². The minimum absolute atomic E-state index is 0.284. The lowest BCUT2D eigenvalue weighted by atomic mass is 10.0. The van der Waals surface area contributed by atoms with Gasteiger partial charge in [0.25, 0.3) is 0 Å². The summed E-state index contributed by atoms with van der Waals surface area (Å²) in [6, 6.07) is 7.69. The second-order valence-corrected chi connectivity index (χ2v) is 9.27. The van der Waals surface area contributed by atoms with Crippen molar-refractivity contribution in [2.75, 3.05) is 0 Å². The van der Waals surface area contributed by atoms with E-state index in [2.05, 4.69) is 10.6 Å². The summed E-state index contributed by atoms with van der Waals surface area (Å²) in [6.45, 7) is 12.5. The van der Waals surface area contributed by atoms with Gasteiger partial charge in [0, 0.05) is 6.42 Å². The van der Waals surface area contributed by atoms with Gasteiger partial charge >= 0.3 is 12.1 Å². The van der Waals surface area contributed by atoms with Crippen LogP contribution >= 0.6 is 0 Å². The van der Waals surface area contributed by atoms with Crippen molar-refractivity contribution < 1.29 is 23.9 Å². The maximum Gasteiger partial charge on any atom is 0.408 e. The van der Waals surface area contributed by atoms with E-state index in [9.17, 15) is 14.4 Å². The summed E-state index contributed by atoms with van der Waals surface area (Å²) < 4.78 is 10.8. The van der Waals surface area contributed by atoms with E-state index >= 15 is 0 Å². The van der Waals surface area contributed by atoms with Crippen molar-refractivity contribution in [3.8, 4) is 0 Å². The van der Waals surface area contributed by atoms with Crippen LogP contribution in [0.15, 0.2) is 30.3 Å². The van der Waals surface area contributed by atoms with Gasteiger partial charge in [-0.25, -0.2) is 9.59 Å². The number of alkyl carbamates (subject to hydrolysis) is 1. The standard InChI is InChI=1S/C23H36N2O5/c1-8-12-17(25-21(28)30-23(5,6)7)19(26)24-18(20(27)29-22(2,3)4)15-16-13-10-9-11-14-16/h9-11,13-14,17-18H,8,12,15H2,1-7H3,(H,24,26)(H,25,28). The molecule has 0 radical (unpaired) electrons. The maximum absolute atomic E-state index is 12.9. The number of ether oxygens (including phenoxy) is 2. The first-order valence-electron chi connectivity index (χ1n) is 10.4. The average molecular weight is 421 g/mol. The van der Waals surface area contributed by atoms with Crippen LogP contribution in [0.1, 0.15) is 66.9 Å². The zero-order chi connectivity index (χ0) is 22.9. The Balaban J connectivity index is 2.95. The van der Waals surface area contributed by atoms with Gasteiger partial charge in [0.1, 0.15) is 23.3 Å². The molecule has 0 aromatic heterocycles. The van der Waals surface area contributed by atoms with Gasteiger partial charge in [-0.05, 0) is 53.5 Å². The molecule has 2 unspecified atom stereocenters. The first-order valence-corrected chi connectivity index (χ1v) is 10.4. The number of amides is 2. The molecule has 7 nitrogen and oxygen atoms in total. The fraction of sp³-hybridized carbons (Fsp3) is 0.609. The molecule has 2 N–H and O–H groups in total. The van der Waals surface area contributed by atoms with Crippen molar-refractivity contribution in [2.45, 2.75) is 91.0 Å². The van der Waals surface area contributed by atoms with Gasteiger partial charge < -0.3 is 20.1 Å². The fourth-order valence-corrected chi connectivity index (χ4v) is 2.70. The smallest absolute Gasteiger partial charge is 0.408 e.